The van der Waals surface area contributed by atoms with Crippen LogP contribution >= 0.6 is 11.3 Å². The number of terminal acetylenes is 1. The highest BCUT2D eigenvalue weighted by atomic mass is 32.1. The Balaban J connectivity index is 1.75. The van der Waals surface area contributed by atoms with E-state index in [9.17, 15) is 9.50 Å². The Bertz CT molecular complexity index is 1170. The Morgan fingerprint density at radius 3 is 2.81 bits per heavy atom. The third kappa shape index (κ3) is 4.49. The molecule has 0 aliphatic carbocycles. The molecule has 1 aliphatic rings. The van der Waals surface area contributed by atoms with Gasteiger partial charge >= 0.3 is 0 Å². The van der Waals surface area contributed by atoms with Crippen LogP contribution in [0.25, 0.3) is 16.5 Å². The number of nitrogens with zero attached hydrogens (tertiary/aromatic N) is 4. The summed E-state index contributed by atoms with van der Waals surface area (Å²) in [6, 6.07) is 5.83. The maximum Gasteiger partial charge on any atom is 0.138 e. The highest BCUT2D eigenvalue weighted by molar-refractivity contribution is 7.09. The minimum absolute atomic E-state index is 0.204. The number of benzene rings is 1. The second-order valence-electron chi connectivity index (χ2n) is 6.99. The van der Waals surface area contributed by atoms with Gasteiger partial charge in [-0.3, -0.25) is 0 Å². The lowest BCUT2D eigenvalue weighted by Crippen LogP contribution is -2.36. The molecule has 1 unspecified atom stereocenters. The Labute approximate surface area is 183 Å². The van der Waals surface area contributed by atoms with Crippen LogP contribution < -0.4 is 4.90 Å². The highest BCUT2D eigenvalue weighted by Gasteiger charge is 2.19. The average Bonchev–Trinajstić information content (AvgIpc) is 3.34. The monoisotopic (exact) mass is 436 g/mol. The molecule has 3 heterocycles. The third-order valence-corrected chi connectivity index (χ3v) is 5.90. The minimum atomic E-state index is -1.11. The van der Waals surface area contributed by atoms with Gasteiger partial charge in [-0.2, -0.15) is 0 Å². The van der Waals surface area contributed by atoms with Crippen molar-refractivity contribution >= 4 is 33.5 Å². The van der Waals surface area contributed by atoms with Crippen molar-refractivity contribution in [2.75, 3.05) is 31.2 Å². The molecule has 1 aromatic carbocycles. The Hall–Kier alpha value is -3.12. The Morgan fingerprint density at radius 1 is 1.32 bits per heavy atom. The first-order valence-corrected chi connectivity index (χ1v) is 10.7. The summed E-state index contributed by atoms with van der Waals surface area (Å²) < 4.78 is 20.1. The fourth-order valence-corrected chi connectivity index (χ4v) is 4.11. The molecule has 6 nitrogen and oxygen atoms in total. The number of aliphatic hydroxyl groups excluding tert-OH is 1. The van der Waals surface area contributed by atoms with Gasteiger partial charge in [-0.15, -0.1) is 17.8 Å². The lowest BCUT2D eigenvalue weighted by Gasteiger charge is -2.29. The second-order valence-corrected chi connectivity index (χ2v) is 7.91. The molecule has 0 saturated carbocycles. The van der Waals surface area contributed by atoms with Gasteiger partial charge in [0.05, 0.1) is 24.4 Å². The van der Waals surface area contributed by atoms with Crippen LogP contribution in [0.2, 0.25) is 0 Å². The van der Waals surface area contributed by atoms with Gasteiger partial charge in [-0.05, 0) is 31.2 Å². The molecule has 1 saturated heterocycles. The maximum absolute atomic E-state index is 14.6. The van der Waals surface area contributed by atoms with Crippen molar-refractivity contribution in [1.82, 2.24) is 15.0 Å². The van der Waals surface area contributed by atoms with Gasteiger partial charge in [0, 0.05) is 46.9 Å². The molecule has 1 aliphatic heterocycles. The van der Waals surface area contributed by atoms with E-state index in [1.807, 2.05) is 18.2 Å². The zero-order chi connectivity index (χ0) is 21.8. The van der Waals surface area contributed by atoms with Crippen molar-refractivity contribution in [2.24, 2.45) is 0 Å². The van der Waals surface area contributed by atoms with Gasteiger partial charge in [-0.1, -0.05) is 5.92 Å². The fourth-order valence-electron chi connectivity index (χ4n) is 3.47. The Kier molecular flexibility index (Phi) is 6.37. The standard InChI is InChI=1S/C23H21FN4O2S/c1-3-16(22(29)23-25-6-11-31-23)12-19(15(2)24)21-18-5-4-17(13-20(18)26-14-27-21)28-7-9-30-10-8-28/h1,4-6,11-14,22,29H,7-10H2,2H3. The van der Waals surface area contributed by atoms with E-state index in [0.717, 1.165) is 18.8 Å². The van der Waals surface area contributed by atoms with Gasteiger partial charge in [0.25, 0.3) is 0 Å². The summed E-state index contributed by atoms with van der Waals surface area (Å²) in [4.78, 5) is 15.0. The van der Waals surface area contributed by atoms with Crippen LogP contribution in [0.4, 0.5) is 10.1 Å². The largest absolute Gasteiger partial charge is 0.380 e. The number of thiazole rings is 1. The quantitative estimate of drug-likeness (QED) is 0.483. The first-order chi connectivity index (χ1) is 15.1. The molecule has 0 radical (unpaired) electrons. The first kappa shape index (κ1) is 21.1. The molecule has 158 valence electrons. The zero-order valence-electron chi connectivity index (χ0n) is 17.0. The summed E-state index contributed by atoms with van der Waals surface area (Å²) in [6.45, 7) is 4.32. The van der Waals surface area contributed by atoms with Crippen LogP contribution in [-0.4, -0.2) is 46.4 Å². The van der Waals surface area contributed by atoms with Crippen LogP contribution in [0.5, 0.6) is 0 Å². The predicted octanol–water partition coefficient (Wildman–Crippen LogP) is 3.92. The summed E-state index contributed by atoms with van der Waals surface area (Å²) in [5, 5.41) is 13.5. The highest BCUT2D eigenvalue weighted by Crippen LogP contribution is 2.32. The van der Waals surface area contributed by atoms with Gasteiger partial charge in [0.2, 0.25) is 0 Å². The minimum Gasteiger partial charge on any atom is -0.380 e. The van der Waals surface area contributed by atoms with Crippen molar-refractivity contribution in [3.05, 3.63) is 64.3 Å². The van der Waals surface area contributed by atoms with Gasteiger partial charge in [0.1, 0.15) is 23.3 Å². The van der Waals surface area contributed by atoms with Crippen LogP contribution in [0.1, 0.15) is 23.7 Å². The molecule has 1 N–H and O–H groups in total. The topological polar surface area (TPSA) is 71.4 Å². The van der Waals surface area contributed by atoms with Crippen LogP contribution in [0.15, 0.2) is 53.6 Å². The van der Waals surface area contributed by atoms with E-state index in [1.165, 1.54) is 30.7 Å². The number of morpholine rings is 1. The lowest BCUT2D eigenvalue weighted by molar-refractivity contribution is 0.122. The summed E-state index contributed by atoms with van der Waals surface area (Å²) in [6.07, 6.45) is 8.96. The van der Waals surface area contributed by atoms with Gasteiger partial charge < -0.3 is 14.7 Å². The van der Waals surface area contributed by atoms with E-state index in [0.29, 0.717) is 34.8 Å². The molecule has 4 rings (SSSR count). The van der Waals surface area contributed by atoms with Crippen molar-refractivity contribution in [3.8, 4) is 12.3 Å². The van der Waals surface area contributed by atoms with Crippen LogP contribution in [0.3, 0.4) is 0 Å². The smallest absolute Gasteiger partial charge is 0.138 e. The number of rotatable bonds is 5. The van der Waals surface area contributed by atoms with Gasteiger partial charge in [-0.25, -0.2) is 19.3 Å². The number of hydrogen-bond donors (Lipinski definition) is 1. The number of aliphatic hydroxyl groups is 1. The second kappa shape index (κ2) is 9.35. The molecule has 2 aromatic heterocycles. The molecular formula is C23H21FN4O2S. The normalized spacial score (nSPS) is 16.7. The van der Waals surface area contributed by atoms with Crippen molar-refractivity contribution in [1.29, 1.82) is 0 Å². The maximum atomic E-state index is 14.6. The van der Waals surface area contributed by atoms with E-state index >= 15 is 0 Å². The molecule has 1 fully saturated rings. The van der Waals surface area contributed by atoms with Crippen molar-refractivity contribution in [2.45, 2.75) is 13.0 Å². The van der Waals surface area contributed by atoms with Crippen molar-refractivity contribution in [3.63, 3.8) is 0 Å². The van der Waals surface area contributed by atoms with E-state index < -0.39 is 11.9 Å². The summed E-state index contributed by atoms with van der Waals surface area (Å²) in [5.41, 5.74) is 2.55. The predicted molar refractivity (Wildman–Crippen MR) is 120 cm³/mol. The Morgan fingerprint density at radius 2 is 2.13 bits per heavy atom. The zero-order valence-corrected chi connectivity index (χ0v) is 17.8. The number of ether oxygens (including phenoxy) is 1. The van der Waals surface area contributed by atoms with E-state index in [4.69, 9.17) is 11.2 Å². The SMILES string of the molecule is C#CC(=CC(=C(C)F)c1ncnc2cc(N3CCOCC3)ccc12)C(O)c1nccs1. The molecule has 1 atom stereocenters. The molecule has 3 aromatic rings. The van der Waals surface area contributed by atoms with Crippen LogP contribution in [-0.2, 0) is 4.74 Å². The average molecular weight is 437 g/mol. The van der Waals surface area contributed by atoms with Crippen LogP contribution in [0, 0.1) is 12.3 Å². The molecule has 31 heavy (non-hydrogen) atoms. The summed E-state index contributed by atoms with van der Waals surface area (Å²) >= 11 is 1.28. The summed E-state index contributed by atoms with van der Waals surface area (Å²) in [5.74, 6) is 2.00. The number of halogens is 1. The number of hydrogen-bond acceptors (Lipinski definition) is 7. The van der Waals surface area contributed by atoms with Crippen molar-refractivity contribution < 1.29 is 14.2 Å². The van der Waals surface area contributed by atoms with E-state index in [-0.39, 0.29) is 11.1 Å². The molecular weight excluding hydrogens is 415 g/mol. The molecule has 8 heteroatoms. The molecule has 0 amide bonds. The molecule has 0 bridgehead atoms. The number of fused-ring (bicyclic) bond motifs is 1. The number of anilines is 1. The number of aromatic nitrogens is 3. The fraction of sp³-hybridized carbons (Fsp3) is 0.261. The number of allylic oxidation sites excluding steroid dienone is 3. The lowest BCUT2D eigenvalue weighted by atomic mass is 10.0. The van der Waals surface area contributed by atoms with Gasteiger partial charge in [0.15, 0.2) is 0 Å². The van der Waals surface area contributed by atoms with E-state index in [2.05, 4.69) is 25.8 Å². The third-order valence-electron chi connectivity index (χ3n) is 5.07. The molecule has 0 spiro atoms. The summed E-state index contributed by atoms with van der Waals surface area (Å²) in [7, 11) is 0. The first-order valence-electron chi connectivity index (χ1n) is 9.78. The van der Waals surface area contributed by atoms with E-state index in [1.54, 1.807) is 11.6 Å².